The van der Waals surface area contributed by atoms with Gasteiger partial charge in [0.1, 0.15) is 12.3 Å². The zero-order chi connectivity index (χ0) is 34.7. The second-order valence-corrected chi connectivity index (χ2v) is 21.2. The van der Waals surface area contributed by atoms with Gasteiger partial charge in [-0.3, -0.25) is 9.36 Å². The number of hydrogen-bond acceptors (Lipinski definition) is 8. The summed E-state index contributed by atoms with van der Waals surface area (Å²) < 4.78 is 22.8. The monoisotopic (exact) mass is 697 g/mol. The normalized spacial score (nSPS) is 19.5. The molecule has 14 heteroatoms. The van der Waals surface area contributed by atoms with E-state index in [2.05, 4.69) is 35.0 Å². The van der Waals surface area contributed by atoms with Crippen LogP contribution in [0.4, 0.5) is 10.7 Å². The van der Waals surface area contributed by atoms with E-state index in [1.165, 1.54) is 0 Å². The van der Waals surface area contributed by atoms with Crippen molar-refractivity contribution in [1.29, 1.82) is 0 Å². The highest BCUT2D eigenvalue weighted by molar-refractivity contribution is 6.76. The summed E-state index contributed by atoms with van der Waals surface area (Å²) in [6, 6.07) is 4.86. The third kappa shape index (κ3) is 6.32. The molecule has 48 heavy (non-hydrogen) atoms. The Hall–Kier alpha value is -3.55. The maximum Gasteiger partial charge on any atom is 0.407 e. The van der Waals surface area contributed by atoms with Gasteiger partial charge in [0.2, 0.25) is 11.8 Å². The summed E-state index contributed by atoms with van der Waals surface area (Å²) in [6.07, 6.45) is 4.09. The van der Waals surface area contributed by atoms with Crippen LogP contribution in [0.25, 0.3) is 33.1 Å². The van der Waals surface area contributed by atoms with Gasteiger partial charge in [0.25, 0.3) is 5.56 Å². The summed E-state index contributed by atoms with van der Waals surface area (Å²) in [5.41, 5.74) is 1.84. The molecule has 0 saturated carbocycles. The van der Waals surface area contributed by atoms with Crippen LogP contribution in [0.3, 0.4) is 0 Å². The number of carbonyl (C=O) groups is 1. The number of hydrogen-bond donors (Lipinski definition) is 1. The van der Waals surface area contributed by atoms with E-state index in [9.17, 15) is 9.59 Å². The van der Waals surface area contributed by atoms with Crippen molar-refractivity contribution in [2.75, 3.05) is 18.6 Å². The average Bonchev–Trinajstić information content (AvgIpc) is 3.75. The van der Waals surface area contributed by atoms with Crippen molar-refractivity contribution in [3.63, 3.8) is 0 Å². The van der Waals surface area contributed by atoms with Crippen LogP contribution in [0, 0.1) is 0 Å². The van der Waals surface area contributed by atoms with Gasteiger partial charge in [0.05, 0.1) is 40.5 Å². The quantitative estimate of drug-likeness (QED) is 0.150. The highest BCUT2D eigenvalue weighted by Crippen LogP contribution is 2.43. The lowest BCUT2D eigenvalue weighted by molar-refractivity contribution is 0.0497. The molecule has 5 heterocycles. The van der Waals surface area contributed by atoms with Gasteiger partial charge in [-0.25, -0.2) is 9.48 Å². The molecule has 2 bridgehead atoms. The van der Waals surface area contributed by atoms with Crippen molar-refractivity contribution < 1.29 is 19.0 Å². The van der Waals surface area contributed by atoms with Gasteiger partial charge in [-0.1, -0.05) is 37.3 Å². The van der Waals surface area contributed by atoms with E-state index in [1.54, 1.807) is 23.4 Å². The molecule has 1 amide bonds. The molecule has 0 unspecified atom stereocenters. The summed E-state index contributed by atoms with van der Waals surface area (Å²) >= 11 is 7.14. The zero-order valence-electron chi connectivity index (χ0n) is 29.5. The van der Waals surface area contributed by atoms with E-state index in [0.29, 0.717) is 63.1 Å². The van der Waals surface area contributed by atoms with E-state index in [4.69, 9.17) is 30.8 Å². The summed E-state index contributed by atoms with van der Waals surface area (Å²) in [4.78, 5) is 34.6. The lowest BCUT2D eigenvalue weighted by Gasteiger charge is -2.28. The van der Waals surface area contributed by atoms with Crippen molar-refractivity contribution >= 4 is 53.7 Å². The van der Waals surface area contributed by atoms with Crippen LogP contribution in [0.15, 0.2) is 23.1 Å². The number of methoxy groups -OCH3 is 1. The SMILES string of the molecule is CCn1nc2ccc(-c3cn(COCC[Si](C)(C)C)c4nc(N5[C@H]6CC[C@@H]5[C@H](NC(=O)OC(C)(C)C)C6)n(C)c(=O)c34)c(Cl)c2c1OC. The minimum Gasteiger partial charge on any atom is -0.481 e. The van der Waals surface area contributed by atoms with E-state index in [0.717, 1.165) is 25.3 Å². The molecule has 0 aliphatic carbocycles. The van der Waals surface area contributed by atoms with Crippen molar-refractivity contribution in [3.8, 4) is 17.0 Å². The average molecular weight is 698 g/mol. The summed E-state index contributed by atoms with van der Waals surface area (Å²) in [5.74, 6) is 1.15. The van der Waals surface area contributed by atoms with Crippen molar-refractivity contribution in [3.05, 3.63) is 33.7 Å². The number of benzene rings is 1. The molecule has 2 aliphatic heterocycles. The predicted octanol–water partition coefficient (Wildman–Crippen LogP) is 6.38. The molecule has 0 spiro atoms. The van der Waals surface area contributed by atoms with Gasteiger partial charge in [-0.05, 0) is 59.1 Å². The fourth-order valence-corrected chi connectivity index (χ4v) is 8.18. The molecule has 4 aromatic rings. The molecule has 0 radical (unpaired) electrons. The first-order valence-corrected chi connectivity index (χ1v) is 20.9. The topological polar surface area (TPSA) is 118 Å². The van der Waals surface area contributed by atoms with E-state index in [-0.39, 0.29) is 30.4 Å². The number of halogens is 1. The van der Waals surface area contributed by atoms with Crippen LogP contribution in [-0.4, -0.2) is 75.5 Å². The smallest absolute Gasteiger partial charge is 0.407 e. The summed E-state index contributed by atoms with van der Waals surface area (Å²) in [5, 5.41) is 9.36. The second-order valence-electron chi connectivity index (χ2n) is 15.2. The number of alkyl carbamates (subject to hydrolysis) is 1. The minimum absolute atomic E-state index is 0.00614. The lowest BCUT2D eigenvalue weighted by atomic mass is 9.96. The highest BCUT2D eigenvalue weighted by atomic mass is 35.5. The lowest BCUT2D eigenvalue weighted by Crippen LogP contribution is -2.46. The number of carbonyl (C=O) groups excluding carboxylic acids is 1. The minimum atomic E-state index is -1.31. The highest BCUT2D eigenvalue weighted by Gasteiger charge is 2.49. The molecule has 2 aliphatic rings. The first kappa shape index (κ1) is 34.3. The van der Waals surface area contributed by atoms with Crippen molar-refractivity contribution in [2.45, 2.75) is 110 Å². The molecular formula is C34H48ClN7O5Si. The Kier molecular flexibility index (Phi) is 9.09. The van der Waals surface area contributed by atoms with Crippen LogP contribution in [-0.2, 0) is 29.8 Å². The van der Waals surface area contributed by atoms with Crippen LogP contribution in [0.2, 0.25) is 30.7 Å². The van der Waals surface area contributed by atoms with Gasteiger partial charge in [-0.2, -0.15) is 10.1 Å². The van der Waals surface area contributed by atoms with Gasteiger partial charge in [-0.15, -0.1) is 0 Å². The van der Waals surface area contributed by atoms with Gasteiger partial charge < -0.3 is 29.0 Å². The number of nitrogens with zero attached hydrogens (tertiary/aromatic N) is 6. The Labute approximate surface area is 287 Å². The maximum atomic E-state index is 14.4. The predicted molar refractivity (Wildman–Crippen MR) is 192 cm³/mol. The standard InChI is InChI=1S/C34H48ClN7O5Si/c1-10-41-31(45-6)27-23(38-41)13-12-21(28(27)35)22-18-40(19-46-15-16-48(7,8)9)29-26(22)30(43)39(5)32(37-29)42-20-11-14-25(42)24(17-20)36-33(44)47-34(2,3)4/h12-13,18,20,24-25H,10-11,14-17,19H2,1-9H3,(H,36,44)/t20-,24+,25+/m0/s1. The van der Waals surface area contributed by atoms with Crippen molar-refractivity contribution in [1.82, 2.24) is 29.2 Å². The number of amides is 1. The Morgan fingerprint density at radius 3 is 2.56 bits per heavy atom. The van der Waals surface area contributed by atoms with Gasteiger partial charge in [0.15, 0.2) is 5.65 Å². The number of anilines is 1. The Morgan fingerprint density at radius 2 is 1.90 bits per heavy atom. The fraction of sp³-hybridized carbons (Fsp3) is 0.588. The third-order valence-corrected chi connectivity index (χ3v) is 11.4. The van der Waals surface area contributed by atoms with E-state index >= 15 is 0 Å². The number of fused-ring (bicyclic) bond motifs is 4. The number of aryl methyl sites for hydroxylation is 1. The van der Waals surface area contributed by atoms with Gasteiger partial charge >= 0.3 is 6.09 Å². The zero-order valence-corrected chi connectivity index (χ0v) is 31.3. The maximum absolute atomic E-state index is 14.4. The Balaban J connectivity index is 1.44. The molecule has 1 aromatic carbocycles. The Bertz CT molecular complexity index is 1920. The van der Waals surface area contributed by atoms with Crippen LogP contribution in [0.5, 0.6) is 5.88 Å². The number of rotatable bonds is 10. The molecule has 12 nitrogen and oxygen atoms in total. The summed E-state index contributed by atoms with van der Waals surface area (Å²) in [6.45, 7) is 16.0. The second kappa shape index (κ2) is 12.7. The number of aromatic nitrogens is 5. The van der Waals surface area contributed by atoms with Crippen LogP contribution < -0.4 is 20.5 Å². The van der Waals surface area contributed by atoms with E-state index in [1.807, 2.05) is 50.6 Å². The first-order valence-electron chi connectivity index (χ1n) is 16.8. The Morgan fingerprint density at radius 1 is 1.15 bits per heavy atom. The van der Waals surface area contributed by atoms with Crippen molar-refractivity contribution in [2.24, 2.45) is 7.05 Å². The first-order chi connectivity index (χ1) is 22.6. The van der Waals surface area contributed by atoms with E-state index < -0.39 is 19.8 Å². The molecule has 260 valence electrons. The van der Waals surface area contributed by atoms with Gasteiger partial charge in [0, 0.05) is 51.6 Å². The third-order valence-electron chi connectivity index (χ3n) is 9.35. The molecule has 2 saturated heterocycles. The molecule has 3 atom stereocenters. The molecule has 1 N–H and O–H groups in total. The largest absolute Gasteiger partial charge is 0.481 e. The number of nitrogens with one attached hydrogen (secondary N) is 1. The van der Waals surface area contributed by atoms with Crippen LogP contribution >= 0.6 is 11.6 Å². The van der Waals surface area contributed by atoms with Crippen LogP contribution in [0.1, 0.15) is 47.0 Å². The molecule has 3 aromatic heterocycles. The molecule has 2 fully saturated rings. The summed E-state index contributed by atoms with van der Waals surface area (Å²) in [7, 11) is 2.06. The fourth-order valence-electron chi connectivity index (χ4n) is 7.08. The molecule has 6 rings (SSSR count). The molecular weight excluding hydrogens is 650 g/mol. The number of ether oxygens (including phenoxy) is 3.